The van der Waals surface area contributed by atoms with Gasteiger partial charge in [-0.25, -0.2) is 9.80 Å². The lowest BCUT2D eigenvalue weighted by atomic mass is 10.0. The molecular formula is C30H28N4O5. The fraction of sp³-hybridized carbons (Fsp3) is 0.100. The first-order valence-corrected chi connectivity index (χ1v) is 12.3. The number of carboxylic acid groups (broad SMARTS) is 1. The van der Waals surface area contributed by atoms with Crippen LogP contribution in [-0.4, -0.2) is 35.2 Å². The van der Waals surface area contributed by atoms with Gasteiger partial charge in [-0.3, -0.25) is 9.59 Å². The Labute approximate surface area is 225 Å². The van der Waals surface area contributed by atoms with Gasteiger partial charge >= 0.3 is 6.09 Å². The van der Waals surface area contributed by atoms with Crippen molar-refractivity contribution >= 4 is 35.5 Å². The van der Waals surface area contributed by atoms with Gasteiger partial charge in [-0.05, 0) is 41.5 Å². The molecule has 9 heteroatoms. The second-order valence-electron chi connectivity index (χ2n) is 8.59. The van der Waals surface area contributed by atoms with Gasteiger partial charge < -0.3 is 20.8 Å². The molecule has 0 atom stereocenters. The molecule has 39 heavy (non-hydrogen) atoms. The number of amides is 3. The molecule has 0 aromatic heterocycles. The molecule has 0 radical (unpaired) electrons. The standard InChI is InChI=1S/C30H28N4O5/c35-21-33(34(30(38)39)27-12-6-4-10-25(27)23-8-2-1-3-9-23)28-13-7-5-11-26(28)32-29(37)18-19-31-20-22-14-16-24(36)17-15-22/h1-17,21,31,36H,18-20H2,(H,32,37)(H,38,39). The van der Waals surface area contributed by atoms with E-state index in [-0.39, 0.29) is 35.1 Å². The molecule has 4 aromatic carbocycles. The minimum atomic E-state index is -1.37. The van der Waals surface area contributed by atoms with Gasteiger partial charge in [0.2, 0.25) is 12.3 Å². The van der Waals surface area contributed by atoms with Crippen LogP contribution in [0.5, 0.6) is 5.75 Å². The Morgan fingerprint density at radius 1 is 0.795 bits per heavy atom. The highest BCUT2D eigenvalue weighted by atomic mass is 16.4. The fourth-order valence-electron chi connectivity index (χ4n) is 4.08. The molecule has 9 nitrogen and oxygen atoms in total. The summed E-state index contributed by atoms with van der Waals surface area (Å²) < 4.78 is 0. The minimum Gasteiger partial charge on any atom is -0.508 e. The molecule has 3 amide bonds. The normalized spacial score (nSPS) is 10.5. The van der Waals surface area contributed by atoms with Crippen molar-refractivity contribution < 1.29 is 24.6 Å². The Hall–Kier alpha value is -5.15. The zero-order valence-corrected chi connectivity index (χ0v) is 21.0. The van der Waals surface area contributed by atoms with Crippen LogP contribution in [0.3, 0.4) is 0 Å². The molecule has 0 saturated carbocycles. The van der Waals surface area contributed by atoms with Gasteiger partial charge in [0.25, 0.3) is 0 Å². The maximum atomic E-state index is 12.7. The number of anilines is 3. The van der Waals surface area contributed by atoms with E-state index in [1.807, 2.05) is 30.3 Å². The van der Waals surface area contributed by atoms with Crippen LogP contribution in [0.1, 0.15) is 12.0 Å². The van der Waals surface area contributed by atoms with E-state index in [2.05, 4.69) is 10.6 Å². The maximum absolute atomic E-state index is 12.7. The molecule has 4 aromatic rings. The summed E-state index contributed by atoms with van der Waals surface area (Å²) >= 11 is 0. The molecule has 0 spiro atoms. The minimum absolute atomic E-state index is 0.146. The third-order valence-corrected chi connectivity index (χ3v) is 5.93. The first-order valence-electron chi connectivity index (χ1n) is 12.3. The van der Waals surface area contributed by atoms with Crippen molar-refractivity contribution in [2.24, 2.45) is 0 Å². The van der Waals surface area contributed by atoms with Gasteiger partial charge in [0.15, 0.2) is 0 Å². The number of carbonyl (C=O) groups is 3. The Morgan fingerprint density at radius 2 is 1.44 bits per heavy atom. The smallest absolute Gasteiger partial charge is 0.431 e. The van der Waals surface area contributed by atoms with Crippen molar-refractivity contribution in [3.63, 3.8) is 0 Å². The van der Waals surface area contributed by atoms with Crippen LogP contribution in [0.15, 0.2) is 103 Å². The first kappa shape index (κ1) is 26.9. The molecule has 0 unspecified atom stereocenters. The molecule has 0 aliphatic carbocycles. The monoisotopic (exact) mass is 524 g/mol. The van der Waals surface area contributed by atoms with E-state index in [4.69, 9.17) is 0 Å². The van der Waals surface area contributed by atoms with Crippen LogP contribution in [0.25, 0.3) is 11.1 Å². The zero-order chi connectivity index (χ0) is 27.6. The Morgan fingerprint density at radius 3 is 2.13 bits per heavy atom. The largest absolute Gasteiger partial charge is 0.508 e. The Balaban J connectivity index is 1.52. The number of para-hydroxylation sites is 3. The maximum Gasteiger partial charge on any atom is 0.431 e. The zero-order valence-electron chi connectivity index (χ0n) is 21.0. The van der Waals surface area contributed by atoms with Gasteiger partial charge in [-0.2, -0.15) is 5.01 Å². The Bertz CT molecular complexity index is 1430. The highest BCUT2D eigenvalue weighted by molar-refractivity contribution is 6.03. The van der Waals surface area contributed by atoms with Gasteiger partial charge in [0.1, 0.15) is 5.75 Å². The van der Waals surface area contributed by atoms with Crippen molar-refractivity contribution in [3.8, 4) is 16.9 Å². The predicted molar refractivity (Wildman–Crippen MR) is 150 cm³/mol. The topological polar surface area (TPSA) is 122 Å². The molecule has 4 rings (SSSR count). The number of phenols is 1. The van der Waals surface area contributed by atoms with E-state index in [1.54, 1.807) is 72.8 Å². The van der Waals surface area contributed by atoms with E-state index in [0.717, 1.165) is 21.1 Å². The number of nitrogens with zero attached hydrogens (tertiary/aromatic N) is 2. The molecule has 4 N–H and O–H groups in total. The highest BCUT2D eigenvalue weighted by Gasteiger charge is 2.27. The van der Waals surface area contributed by atoms with Crippen LogP contribution in [0.2, 0.25) is 0 Å². The molecular weight excluding hydrogens is 496 g/mol. The number of benzene rings is 4. The molecule has 0 aliphatic rings. The summed E-state index contributed by atoms with van der Waals surface area (Å²) in [6.45, 7) is 0.912. The number of hydrogen-bond donors (Lipinski definition) is 4. The molecule has 0 saturated heterocycles. The van der Waals surface area contributed by atoms with Gasteiger partial charge in [-0.1, -0.05) is 72.8 Å². The van der Waals surface area contributed by atoms with Crippen molar-refractivity contribution in [1.29, 1.82) is 0 Å². The van der Waals surface area contributed by atoms with Crippen LogP contribution < -0.4 is 20.7 Å². The average Bonchev–Trinajstić information content (AvgIpc) is 2.96. The van der Waals surface area contributed by atoms with Crippen molar-refractivity contribution in [1.82, 2.24) is 5.32 Å². The number of hydrogen-bond acceptors (Lipinski definition) is 5. The number of nitrogens with one attached hydrogen (secondary N) is 2. The molecule has 0 fully saturated rings. The van der Waals surface area contributed by atoms with E-state index in [1.165, 1.54) is 0 Å². The first-order chi connectivity index (χ1) is 19.0. The SMILES string of the molecule is O=CN(c1ccccc1NC(=O)CCNCc1ccc(O)cc1)N(C(=O)O)c1ccccc1-c1ccccc1. The third-order valence-electron chi connectivity index (χ3n) is 5.93. The molecule has 198 valence electrons. The Kier molecular flexibility index (Phi) is 8.89. The summed E-state index contributed by atoms with van der Waals surface area (Å²) in [6.07, 6.45) is -0.822. The van der Waals surface area contributed by atoms with Gasteiger partial charge in [-0.15, -0.1) is 0 Å². The van der Waals surface area contributed by atoms with E-state index < -0.39 is 6.09 Å². The molecule has 0 aliphatic heterocycles. The number of hydrazine groups is 1. The number of rotatable bonds is 11. The van der Waals surface area contributed by atoms with E-state index in [0.29, 0.717) is 25.1 Å². The summed E-state index contributed by atoms with van der Waals surface area (Å²) in [5, 5.41) is 27.4. The summed E-state index contributed by atoms with van der Waals surface area (Å²) in [7, 11) is 0. The van der Waals surface area contributed by atoms with E-state index in [9.17, 15) is 24.6 Å². The summed E-state index contributed by atoms with van der Waals surface area (Å²) in [4.78, 5) is 37.6. The van der Waals surface area contributed by atoms with Crippen LogP contribution >= 0.6 is 0 Å². The summed E-state index contributed by atoms with van der Waals surface area (Å²) in [5.41, 5.74) is 3.13. The van der Waals surface area contributed by atoms with Crippen LogP contribution in [0.4, 0.5) is 21.9 Å². The van der Waals surface area contributed by atoms with Crippen LogP contribution in [-0.2, 0) is 16.1 Å². The predicted octanol–water partition coefficient (Wildman–Crippen LogP) is 5.24. The number of aromatic hydroxyl groups is 1. The molecule has 0 heterocycles. The van der Waals surface area contributed by atoms with Crippen molar-refractivity contribution in [3.05, 3.63) is 109 Å². The third kappa shape index (κ3) is 6.79. The number of carbonyl (C=O) groups excluding carboxylic acids is 2. The number of phenolic OH excluding ortho intramolecular Hbond substituents is 1. The lowest BCUT2D eigenvalue weighted by Crippen LogP contribution is -2.46. The highest BCUT2D eigenvalue weighted by Crippen LogP contribution is 2.35. The average molecular weight is 525 g/mol. The quantitative estimate of drug-likeness (QED) is 0.121. The fourth-order valence-corrected chi connectivity index (χ4v) is 4.08. The van der Waals surface area contributed by atoms with Crippen LogP contribution in [0, 0.1) is 0 Å². The molecule has 0 bridgehead atoms. The lowest BCUT2D eigenvalue weighted by molar-refractivity contribution is -0.116. The van der Waals surface area contributed by atoms with Crippen molar-refractivity contribution in [2.45, 2.75) is 13.0 Å². The second-order valence-corrected chi connectivity index (χ2v) is 8.59. The summed E-state index contributed by atoms with van der Waals surface area (Å²) in [6, 6.07) is 29.4. The van der Waals surface area contributed by atoms with Gasteiger partial charge in [0, 0.05) is 25.1 Å². The summed E-state index contributed by atoms with van der Waals surface area (Å²) in [5.74, 6) is -0.121. The second kappa shape index (κ2) is 12.9. The lowest BCUT2D eigenvalue weighted by Gasteiger charge is -2.32. The van der Waals surface area contributed by atoms with Crippen molar-refractivity contribution in [2.75, 3.05) is 21.9 Å². The van der Waals surface area contributed by atoms with E-state index >= 15 is 0 Å². The van der Waals surface area contributed by atoms with Gasteiger partial charge in [0.05, 0.1) is 17.1 Å².